The molecule has 2 amide bonds. The zero-order valence-corrected chi connectivity index (χ0v) is 24.0. The topological polar surface area (TPSA) is 96.0 Å². The van der Waals surface area contributed by atoms with Crippen LogP contribution in [0.4, 0.5) is 10.1 Å². The van der Waals surface area contributed by atoms with Crippen molar-refractivity contribution in [1.29, 1.82) is 0 Å². The molecule has 0 saturated carbocycles. The van der Waals surface area contributed by atoms with E-state index in [4.69, 9.17) is 4.74 Å². The average molecular weight is 570 g/mol. The highest BCUT2D eigenvalue weighted by Crippen LogP contribution is 2.22. The van der Waals surface area contributed by atoms with Crippen LogP contribution in [0.25, 0.3) is 0 Å². The fourth-order valence-electron chi connectivity index (χ4n) is 4.21. The first kappa shape index (κ1) is 30.6. The molecule has 8 nitrogen and oxygen atoms in total. The van der Waals surface area contributed by atoms with E-state index in [1.54, 1.807) is 24.3 Å². The zero-order valence-electron chi connectivity index (χ0n) is 23.2. The number of rotatable bonds is 13. The van der Waals surface area contributed by atoms with Gasteiger partial charge in [0.15, 0.2) is 0 Å². The van der Waals surface area contributed by atoms with E-state index in [0.29, 0.717) is 17.7 Å². The van der Waals surface area contributed by atoms with Crippen molar-refractivity contribution in [3.8, 4) is 5.75 Å². The summed E-state index contributed by atoms with van der Waals surface area (Å²) in [4.78, 5) is 29.1. The van der Waals surface area contributed by atoms with Gasteiger partial charge in [0, 0.05) is 19.0 Å². The second-order valence-electron chi connectivity index (χ2n) is 9.65. The van der Waals surface area contributed by atoms with Crippen LogP contribution in [0, 0.1) is 5.82 Å². The van der Waals surface area contributed by atoms with Crippen molar-refractivity contribution in [2.24, 2.45) is 0 Å². The summed E-state index contributed by atoms with van der Waals surface area (Å²) < 4.78 is 45.7. The number of anilines is 1. The van der Waals surface area contributed by atoms with Crippen LogP contribution < -0.4 is 14.4 Å². The van der Waals surface area contributed by atoms with E-state index in [1.165, 1.54) is 30.2 Å². The summed E-state index contributed by atoms with van der Waals surface area (Å²) in [6.07, 6.45) is 1.85. The van der Waals surface area contributed by atoms with E-state index in [-0.39, 0.29) is 30.6 Å². The van der Waals surface area contributed by atoms with Crippen molar-refractivity contribution in [1.82, 2.24) is 10.2 Å². The van der Waals surface area contributed by atoms with Gasteiger partial charge in [0.05, 0.1) is 19.1 Å². The third-order valence-electron chi connectivity index (χ3n) is 6.53. The van der Waals surface area contributed by atoms with E-state index < -0.39 is 34.3 Å². The summed E-state index contributed by atoms with van der Waals surface area (Å²) in [5, 5.41) is 2.98. The zero-order chi connectivity index (χ0) is 29.3. The summed E-state index contributed by atoms with van der Waals surface area (Å²) >= 11 is 0. The Morgan fingerprint density at radius 1 is 0.975 bits per heavy atom. The Bertz CT molecular complexity index is 1400. The van der Waals surface area contributed by atoms with Crippen LogP contribution in [0.5, 0.6) is 5.75 Å². The van der Waals surface area contributed by atoms with E-state index in [2.05, 4.69) is 5.32 Å². The molecule has 0 heterocycles. The van der Waals surface area contributed by atoms with Gasteiger partial charge in [-0.3, -0.25) is 13.9 Å². The van der Waals surface area contributed by atoms with Crippen molar-refractivity contribution < 1.29 is 27.1 Å². The number of carbonyl (C=O) groups is 2. The maximum atomic E-state index is 14.0. The molecule has 3 rings (SSSR count). The van der Waals surface area contributed by atoms with Crippen LogP contribution >= 0.6 is 0 Å². The summed E-state index contributed by atoms with van der Waals surface area (Å²) in [5.74, 6) is -1.03. The molecule has 0 saturated heterocycles. The van der Waals surface area contributed by atoms with Crippen LogP contribution in [0.1, 0.15) is 31.4 Å². The normalized spacial score (nSPS) is 12.7. The van der Waals surface area contributed by atoms with Gasteiger partial charge in [0.2, 0.25) is 21.8 Å². The van der Waals surface area contributed by atoms with Crippen molar-refractivity contribution in [3.05, 3.63) is 95.8 Å². The Labute approximate surface area is 235 Å². The number of methoxy groups -OCH3 is 1. The van der Waals surface area contributed by atoms with Gasteiger partial charge in [-0.15, -0.1) is 0 Å². The lowest BCUT2D eigenvalue weighted by Crippen LogP contribution is -2.54. The number of halogens is 1. The number of hydrogen-bond acceptors (Lipinski definition) is 5. The standard InChI is InChI=1S/C30H36FN3O5S/c1-5-22(2)32-30(36)28(18-23-11-7-6-8-12-23)33(20-24-13-9-16-27(17-24)39-3)29(35)21-34(40(4,37)38)26-15-10-14-25(31)19-26/h6-17,19,22,28H,5,18,20-21H2,1-4H3,(H,32,36). The Morgan fingerprint density at radius 3 is 2.27 bits per heavy atom. The number of hydrogen-bond donors (Lipinski definition) is 1. The monoisotopic (exact) mass is 569 g/mol. The van der Waals surface area contributed by atoms with Gasteiger partial charge in [-0.05, 0) is 54.8 Å². The van der Waals surface area contributed by atoms with Crippen molar-refractivity contribution in [2.75, 3.05) is 24.2 Å². The largest absolute Gasteiger partial charge is 0.497 e. The van der Waals surface area contributed by atoms with Gasteiger partial charge >= 0.3 is 0 Å². The van der Waals surface area contributed by atoms with Gasteiger partial charge in [0.25, 0.3) is 0 Å². The molecule has 0 bridgehead atoms. The van der Waals surface area contributed by atoms with E-state index >= 15 is 0 Å². The van der Waals surface area contributed by atoms with Gasteiger partial charge in [0.1, 0.15) is 24.2 Å². The minimum atomic E-state index is -3.98. The molecule has 0 radical (unpaired) electrons. The molecule has 0 aromatic heterocycles. The lowest BCUT2D eigenvalue weighted by atomic mass is 10.0. The van der Waals surface area contributed by atoms with Crippen molar-refractivity contribution in [2.45, 2.75) is 45.3 Å². The number of ether oxygens (including phenoxy) is 1. The quantitative estimate of drug-likeness (QED) is 0.334. The molecule has 3 aromatic rings. The third-order valence-corrected chi connectivity index (χ3v) is 7.68. The third kappa shape index (κ3) is 8.54. The molecule has 10 heteroatoms. The first-order valence-corrected chi connectivity index (χ1v) is 14.9. The molecule has 0 spiro atoms. The number of nitrogens with one attached hydrogen (secondary N) is 1. The summed E-state index contributed by atoms with van der Waals surface area (Å²) in [7, 11) is -2.45. The van der Waals surface area contributed by atoms with Crippen molar-refractivity contribution in [3.63, 3.8) is 0 Å². The fraction of sp³-hybridized carbons (Fsp3) is 0.333. The smallest absolute Gasteiger partial charge is 0.244 e. The molecule has 0 aliphatic heterocycles. The predicted octanol–water partition coefficient (Wildman–Crippen LogP) is 4.16. The highest BCUT2D eigenvalue weighted by molar-refractivity contribution is 7.92. The van der Waals surface area contributed by atoms with E-state index in [9.17, 15) is 22.4 Å². The molecular weight excluding hydrogens is 533 g/mol. The van der Waals surface area contributed by atoms with Crippen molar-refractivity contribution >= 4 is 27.5 Å². The predicted molar refractivity (Wildman–Crippen MR) is 154 cm³/mol. The Balaban J connectivity index is 2.07. The Morgan fingerprint density at radius 2 is 1.65 bits per heavy atom. The first-order valence-electron chi connectivity index (χ1n) is 13.0. The highest BCUT2D eigenvalue weighted by Gasteiger charge is 2.33. The second-order valence-corrected chi connectivity index (χ2v) is 11.6. The summed E-state index contributed by atoms with van der Waals surface area (Å²) in [6, 6.07) is 20.3. The molecular formula is C30H36FN3O5S. The Kier molecular flexibility index (Phi) is 10.7. The van der Waals surface area contributed by atoms with Gasteiger partial charge in [-0.2, -0.15) is 0 Å². The van der Waals surface area contributed by atoms with Gasteiger partial charge in [-0.1, -0.05) is 55.5 Å². The van der Waals surface area contributed by atoms with Crippen LogP contribution in [0.3, 0.4) is 0 Å². The maximum absolute atomic E-state index is 14.0. The minimum Gasteiger partial charge on any atom is -0.497 e. The average Bonchev–Trinajstić information content (AvgIpc) is 2.93. The summed E-state index contributed by atoms with van der Waals surface area (Å²) in [5.41, 5.74) is 1.54. The fourth-order valence-corrected chi connectivity index (χ4v) is 5.05. The van der Waals surface area contributed by atoms with E-state index in [0.717, 1.165) is 22.2 Å². The van der Waals surface area contributed by atoms with Gasteiger partial charge < -0.3 is 15.0 Å². The lowest BCUT2D eigenvalue weighted by molar-refractivity contribution is -0.140. The van der Waals surface area contributed by atoms with Gasteiger partial charge in [-0.25, -0.2) is 12.8 Å². The van der Waals surface area contributed by atoms with Crippen LogP contribution in [0.15, 0.2) is 78.9 Å². The number of nitrogens with zero attached hydrogens (tertiary/aromatic N) is 2. The molecule has 40 heavy (non-hydrogen) atoms. The molecule has 1 N–H and O–H groups in total. The highest BCUT2D eigenvalue weighted by atomic mass is 32.2. The molecule has 3 aromatic carbocycles. The maximum Gasteiger partial charge on any atom is 0.244 e. The first-order chi connectivity index (χ1) is 19.0. The van der Waals surface area contributed by atoms with Crippen LogP contribution in [-0.2, 0) is 32.6 Å². The van der Waals surface area contributed by atoms with Crippen LogP contribution in [0.2, 0.25) is 0 Å². The van der Waals surface area contributed by atoms with Crippen LogP contribution in [-0.4, -0.2) is 57.1 Å². The second kappa shape index (κ2) is 13.9. The SMILES string of the molecule is CCC(C)NC(=O)C(Cc1ccccc1)N(Cc1cccc(OC)c1)C(=O)CN(c1cccc(F)c1)S(C)(=O)=O. The lowest BCUT2D eigenvalue weighted by Gasteiger charge is -2.34. The molecule has 0 aliphatic rings. The summed E-state index contributed by atoms with van der Waals surface area (Å²) in [6.45, 7) is 3.22. The molecule has 2 atom stereocenters. The number of sulfonamides is 1. The number of carbonyl (C=O) groups excluding carboxylic acids is 2. The molecule has 2 unspecified atom stereocenters. The molecule has 0 aliphatic carbocycles. The van der Waals surface area contributed by atoms with E-state index in [1.807, 2.05) is 44.2 Å². The molecule has 214 valence electrons. The number of benzene rings is 3. The number of amides is 2. The Hall–Kier alpha value is -3.92. The molecule has 0 fully saturated rings. The minimum absolute atomic E-state index is 0.0147.